The lowest BCUT2D eigenvalue weighted by molar-refractivity contribution is -0.120. The van der Waals surface area contributed by atoms with Crippen LogP contribution in [0.3, 0.4) is 0 Å². The molecular formula is C15H21NO3. The van der Waals surface area contributed by atoms with Gasteiger partial charge in [-0.05, 0) is 31.2 Å². The Morgan fingerprint density at radius 2 is 2.11 bits per heavy atom. The molecule has 4 nitrogen and oxygen atoms in total. The highest BCUT2D eigenvalue weighted by Gasteiger charge is 2.20. The summed E-state index contributed by atoms with van der Waals surface area (Å²) in [7, 11) is 0. The van der Waals surface area contributed by atoms with E-state index in [-0.39, 0.29) is 24.2 Å². The summed E-state index contributed by atoms with van der Waals surface area (Å²) in [6.45, 7) is 0.615. The Labute approximate surface area is 113 Å². The number of para-hydroxylation sites is 1. The molecule has 1 saturated carbocycles. The topological polar surface area (TPSA) is 69.6 Å². The zero-order chi connectivity index (χ0) is 13.7. The normalized spacial score (nSPS) is 23.0. The molecule has 0 radical (unpaired) electrons. The summed E-state index contributed by atoms with van der Waals surface area (Å²) in [5.41, 5.74) is 0.642. The molecule has 0 spiro atoms. The summed E-state index contributed by atoms with van der Waals surface area (Å²) < 4.78 is 0. The summed E-state index contributed by atoms with van der Waals surface area (Å²) in [6, 6.07) is 6.87. The summed E-state index contributed by atoms with van der Waals surface area (Å²) >= 11 is 0. The van der Waals surface area contributed by atoms with Crippen LogP contribution in [0.5, 0.6) is 5.75 Å². The largest absolute Gasteiger partial charge is 0.508 e. The summed E-state index contributed by atoms with van der Waals surface area (Å²) in [5.74, 6) is 0.448. The number of carbonyl (C=O) groups excluding carboxylic acids is 1. The van der Waals surface area contributed by atoms with Gasteiger partial charge >= 0.3 is 0 Å². The molecule has 1 aromatic rings. The number of phenolic OH excluding ortho intramolecular Hbond substituents is 1. The van der Waals surface area contributed by atoms with Crippen molar-refractivity contribution in [3.8, 4) is 5.75 Å². The number of carbonyl (C=O) groups is 1. The molecule has 4 heteroatoms. The maximum Gasteiger partial charge on any atom is 0.224 e. The highest BCUT2D eigenvalue weighted by atomic mass is 16.3. The van der Waals surface area contributed by atoms with E-state index >= 15 is 0 Å². The Bertz CT molecular complexity index is 433. The Kier molecular flexibility index (Phi) is 4.80. The van der Waals surface area contributed by atoms with E-state index in [0.717, 1.165) is 25.7 Å². The van der Waals surface area contributed by atoms with E-state index in [0.29, 0.717) is 18.0 Å². The molecular weight excluding hydrogens is 242 g/mol. The quantitative estimate of drug-likeness (QED) is 0.773. The van der Waals surface area contributed by atoms with Crippen LogP contribution in [0, 0.1) is 5.92 Å². The van der Waals surface area contributed by atoms with Crippen molar-refractivity contribution in [1.82, 2.24) is 5.32 Å². The number of aliphatic hydroxyl groups excluding tert-OH is 1. The standard InChI is InChI=1S/C15H21NO3/c17-13-6-3-4-11(8-13)10-16-15(19)9-12-5-1-2-7-14(12)18/h1-2,5,7,11,13,17-18H,3-4,6,8-10H2,(H,16,19). The molecule has 0 saturated heterocycles. The summed E-state index contributed by atoms with van der Waals surface area (Å²) in [4.78, 5) is 11.8. The fraction of sp³-hybridized carbons (Fsp3) is 0.533. The van der Waals surface area contributed by atoms with Crippen LogP contribution in [-0.4, -0.2) is 28.8 Å². The Morgan fingerprint density at radius 1 is 1.32 bits per heavy atom. The highest BCUT2D eigenvalue weighted by molar-refractivity contribution is 5.79. The highest BCUT2D eigenvalue weighted by Crippen LogP contribution is 2.23. The van der Waals surface area contributed by atoms with Crippen molar-refractivity contribution < 1.29 is 15.0 Å². The second kappa shape index (κ2) is 6.57. The number of benzene rings is 1. The monoisotopic (exact) mass is 263 g/mol. The molecule has 3 N–H and O–H groups in total. The lowest BCUT2D eigenvalue weighted by Crippen LogP contribution is -2.33. The van der Waals surface area contributed by atoms with E-state index < -0.39 is 0 Å². The maximum atomic E-state index is 11.8. The molecule has 1 amide bonds. The van der Waals surface area contributed by atoms with Gasteiger partial charge in [0.25, 0.3) is 0 Å². The van der Waals surface area contributed by atoms with Crippen LogP contribution in [0.1, 0.15) is 31.2 Å². The van der Waals surface area contributed by atoms with Gasteiger partial charge in [-0.15, -0.1) is 0 Å². The number of nitrogens with one attached hydrogen (secondary N) is 1. The molecule has 0 aliphatic heterocycles. The van der Waals surface area contributed by atoms with Crippen molar-refractivity contribution in [3.63, 3.8) is 0 Å². The first-order valence-electron chi connectivity index (χ1n) is 6.87. The van der Waals surface area contributed by atoms with Gasteiger partial charge in [0.15, 0.2) is 0 Å². The smallest absolute Gasteiger partial charge is 0.224 e. The number of rotatable bonds is 4. The van der Waals surface area contributed by atoms with Crippen LogP contribution < -0.4 is 5.32 Å². The lowest BCUT2D eigenvalue weighted by atomic mass is 9.87. The molecule has 1 aliphatic rings. The van der Waals surface area contributed by atoms with Crippen molar-refractivity contribution >= 4 is 5.91 Å². The van der Waals surface area contributed by atoms with E-state index in [1.165, 1.54) is 0 Å². The van der Waals surface area contributed by atoms with Crippen molar-refractivity contribution in [2.24, 2.45) is 5.92 Å². The molecule has 19 heavy (non-hydrogen) atoms. The molecule has 1 aromatic carbocycles. The van der Waals surface area contributed by atoms with Gasteiger partial charge in [-0.3, -0.25) is 4.79 Å². The maximum absolute atomic E-state index is 11.8. The minimum Gasteiger partial charge on any atom is -0.508 e. The minimum atomic E-state index is -0.214. The van der Waals surface area contributed by atoms with Gasteiger partial charge in [-0.25, -0.2) is 0 Å². The van der Waals surface area contributed by atoms with Crippen molar-refractivity contribution in [3.05, 3.63) is 29.8 Å². The van der Waals surface area contributed by atoms with Crippen LogP contribution in [0.2, 0.25) is 0 Å². The molecule has 104 valence electrons. The molecule has 0 bridgehead atoms. The first kappa shape index (κ1) is 13.9. The SMILES string of the molecule is O=C(Cc1ccccc1O)NCC1CCCC(O)C1. The number of aromatic hydroxyl groups is 1. The zero-order valence-corrected chi connectivity index (χ0v) is 11.0. The Hall–Kier alpha value is -1.55. The average molecular weight is 263 g/mol. The fourth-order valence-corrected chi connectivity index (χ4v) is 2.60. The molecule has 1 fully saturated rings. The van der Waals surface area contributed by atoms with Crippen molar-refractivity contribution in [2.45, 2.75) is 38.2 Å². The third-order valence-corrected chi connectivity index (χ3v) is 3.69. The van der Waals surface area contributed by atoms with Crippen molar-refractivity contribution in [1.29, 1.82) is 0 Å². The Morgan fingerprint density at radius 3 is 2.84 bits per heavy atom. The van der Waals surface area contributed by atoms with E-state index in [1.807, 2.05) is 0 Å². The third-order valence-electron chi connectivity index (χ3n) is 3.69. The van der Waals surface area contributed by atoms with Crippen LogP contribution >= 0.6 is 0 Å². The predicted molar refractivity (Wildman–Crippen MR) is 72.8 cm³/mol. The van der Waals surface area contributed by atoms with Gasteiger partial charge in [-0.1, -0.05) is 24.6 Å². The van der Waals surface area contributed by atoms with Gasteiger partial charge in [0.05, 0.1) is 12.5 Å². The second-order valence-corrected chi connectivity index (χ2v) is 5.30. The summed E-state index contributed by atoms with van der Waals surface area (Å²) in [6.07, 6.45) is 3.73. The zero-order valence-electron chi connectivity index (χ0n) is 11.0. The van der Waals surface area contributed by atoms with Gasteiger partial charge < -0.3 is 15.5 Å². The first-order valence-corrected chi connectivity index (χ1v) is 6.87. The Balaban J connectivity index is 1.77. The molecule has 2 atom stereocenters. The molecule has 1 aliphatic carbocycles. The van der Waals surface area contributed by atoms with Crippen molar-refractivity contribution in [2.75, 3.05) is 6.54 Å². The van der Waals surface area contributed by atoms with Crippen LogP contribution in [0.4, 0.5) is 0 Å². The van der Waals surface area contributed by atoms with E-state index in [1.54, 1.807) is 24.3 Å². The second-order valence-electron chi connectivity index (χ2n) is 5.30. The number of hydrogen-bond acceptors (Lipinski definition) is 3. The van der Waals surface area contributed by atoms with Gasteiger partial charge in [-0.2, -0.15) is 0 Å². The number of hydrogen-bond donors (Lipinski definition) is 3. The third kappa shape index (κ3) is 4.24. The average Bonchev–Trinajstić information content (AvgIpc) is 2.39. The predicted octanol–water partition coefficient (Wildman–Crippen LogP) is 1.60. The van der Waals surface area contributed by atoms with Crippen LogP contribution in [0.15, 0.2) is 24.3 Å². The van der Waals surface area contributed by atoms with Gasteiger partial charge in [0.2, 0.25) is 5.91 Å². The number of aliphatic hydroxyl groups is 1. The van der Waals surface area contributed by atoms with Crippen LogP contribution in [-0.2, 0) is 11.2 Å². The van der Waals surface area contributed by atoms with E-state index in [9.17, 15) is 15.0 Å². The molecule has 2 rings (SSSR count). The van der Waals surface area contributed by atoms with E-state index in [2.05, 4.69) is 5.32 Å². The van der Waals surface area contributed by atoms with Crippen LogP contribution in [0.25, 0.3) is 0 Å². The lowest BCUT2D eigenvalue weighted by Gasteiger charge is -2.25. The van der Waals surface area contributed by atoms with E-state index in [4.69, 9.17) is 0 Å². The summed E-state index contributed by atoms with van der Waals surface area (Å²) in [5, 5.41) is 22.1. The molecule has 0 heterocycles. The van der Waals surface area contributed by atoms with Gasteiger partial charge in [0, 0.05) is 12.1 Å². The molecule has 2 unspecified atom stereocenters. The number of phenols is 1. The number of amides is 1. The van der Waals surface area contributed by atoms with Gasteiger partial charge in [0.1, 0.15) is 5.75 Å². The fourth-order valence-electron chi connectivity index (χ4n) is 2.60. The first-order chi connectivity index (χ1) is 9.15. The molecule has 0 aromatic heterocycles. The minimum absolute atomic E-state index is 0.0819.